The largest absolute Gasteiger partial charge is 0.496 e. The highest BCUT2D eigenvalue weighted by Crippen LogP contribution is 2.65. The molecule has 15 nitrogen and oxygen atoms in total. The quantitative estimate of drug-likeness (QED) is 0.0739. The van der Waals surface area contributed by atoms with Crippen molar-refractivity contribution < 1.29 is 52.2 Å². The second-order valence-corrected chi connectivity index (χ2v) is 20.0. The molecule has 2 aliphatic heterocycles. The van der Waals surface area contributed by atoms with E-state index in [1.54, 1.807) is 53.0 Å². The van der Waals surface area contributed by atoms with Gasteiger partial charge in [-0.15, -0.1) is 11.3 Å². The monoisotopic (exact) mass is 874 g/mol. The van der Waals surface area contributed by atoms with Crippen molar-refractivity contribution in [2.45, 2.75) is 130 Å². The molecule has 2 bridgehead atoms. The summed E-state index contributed by atoms with van der Waals surface area (Å²) in [7, 11) is 0.579. The Hall–Kier alpha value is -4.55. The maximum Gasteiger partial charge on any atom is 0.482 e. The van der Waals surface area contributed by atoms with Gasteiger partial charge in [0.1, 0.15) is 34.8 Å². The molecular formula is C45H59BN4O11S. The molecule has 2 amide bonds. The van der Waals surface area contributed by atoms with Gasteiger partial charge in [0, 0.05) is 10.9 Å². The van der Waals surface area contributed by atoms with Crippen LogP contribution in [0.1, 0.15) is 121 Å². The van der Waals surface area contributed by atoms with Gasteiger partial charge in [0.05, 0.1) is 38.0 Å². The Morgan fingerprint density at radius 2 is 1.69 bits per heavy atom. The third-order valence-electron chi connectivity index (χ3n) is 12.0. The van der Waals surface area contributed by atoms with E-state index in [4.69, 9.17) is 37.8 Å². The van der Waals surface area contributed by atoms with E-state index in [-0.39, 0.29) is 58.3 Å². The maximum atomic E-state index is 14.8. The first-order valence-corrected chi connectivity index (χ1v) is 22.1. The molecule has 3 heterocycles. The Labute approximate surface area is 368 Å². The summed E-state index contributed by atoms with van der Waals surface area (Å²) in [6.07, 6.45) is 0.973. The van der Waals surface area contributed by atoms with E-state index in [9.17, 15) is 14.4 Å². The molecule has 2 aromatic carbocycles. The van der Waals surface area contributed by atoms with Crippen molar-refractivity contribution in [1.29, 1.82) is 0 Å². The Morgan fingerprint density at radius 3 is 2.35 bits per heavy atom. The molecule has 62 heavy (non-hydrogen) atoms. The summed E-state index contributed by atoms with van der Waals surface area (Å²) in [4.78, 5) is 51.8. The number of esters is 1. The zero-order valence-corrected chi connectivity index (χ0v) is 38.1. The Bertz CT molecular complexity index is 2150. The standard InChI is InChI=1S/C45H59BN4O11S/c1-42(2,3)58-38(52)34-29(39-55-19-14-20-56-39)18-17-27(36(34)54-10)21-33(46-60-32-23-28-22-31(44(28,7)8)45(32,9)61-46)48-37(51)35(50-57-24-26-15-12-11-13-16-26)30-25-62-40(47-30)49-41(53)59-43(4,5)6/h11-13,15-18,25,28,31-33,39H,14,19-24H2,1-10H3,(H,48,51)(H,47,49,53)/b50-35-/t28-,31+,32?,33+,45+/m1/s1. The van der Waals surface area contributed by atoms with Crippen LogP contribution in [0.2, 0.25) is 0 Å². The zero-order chi connectivity index (χ0) is 44.6. The Balaban J connectivity index is 1.25. The first-order valence-electron chi connectivity index (χ1n) is 21.3. The number of rotatable bonds is 13. The molecule has 0 spiro atoms. The van der Waals surface area contributed by atoms with Crippen LogP contribution in [-0.4, -0.2) is 85.0 Å². The summed E-state index contributed by atoms with van der Waals surface area (Å²) < 4.78 is 43.1. The van der Waals surface area contributed by atoms with Crippen molar-refractivity contribution in [2.75, 3.05) is 25.6 Å². The first kappa shape index (κ1) is 45.5. The number of anilines is 1. The number of nitrogens with zero attached hydrogens (tertiary/aromatic N) is 2. The number of ether oxygens (including phenoxy) is 5. The number of carbonyl (C=O) groups excluding carboxylic acids is 3. The van der Waals surface area contributed by atoms with E-state index in [2.05, 4.69) is 41.5 Å². The van der Waals surface area contributed by atoms with Crippen LogP contribution >= 0.6 is 11.3 Å². The van der Waals surface area contributed by atoms with E-state index in [0.29, 0.717) is 30.3 Å². The van der Waals surface area contributed by atoms with Crippen LogP contribution in [0, 0.1) is 17.3 Å². The van der Waals surface area contributed by atoms with Gasteiger partial charge in [-0.25, -0.2) is 14.6 Å². The minimum absolute atomic E-state index is 0.0679. The molecule has 3 saturated carbocycles. The van der Waals surface area contributed by atoms with Crippen molar-refractivity contribution in [1.82, 2.24) is 10.3 Å². The summed E-state index contributed by atoms with van der Waals surface area (Å²) in [5.74, 6) is -1.11. The topological polar surface area (TPSA) is 174 Å². The van der Waals surface area contributed by atoms with Crippen LogP contribution in [0.25, 0.3) is 0 Å². The second kappa shape index (κ2) is 17.9. The van der Waals surface area contributed by atoms with Gasteiger partial charge < -0.3 is 43.1 Å². The van der Waals surface area contributed by atoms with Crippen LogP contribution < -0.4 is 15.4 Å². The third kappa shape index (κ3) is 9.97. The number of benzene rings is 2. The van der Waals surface area contributed by atoms with Gasteiger partial charge >= 0.3 is 19.2 Å². The van der Waals surface area contributed by atoms with Gasteiger partial charge in [-0.2, -0.15) is 0 Å². The summed E-state index contributed by atoms with van der Waals surface area (Å²) in [6, 6.07) is 13.0. The van der Waals surface area contributed by atoms with Crippen molar-refractivity contribution in [3.63, 3.8) is 0 Å². The van der Waals surface area contributed by atoms with Gasteiger partial charge in [-0.05, 0) is 103 Å². The van der Waals surface area contributed by atoms with E-state index >= 15 is 0 Å². The summed E-state index contributed by atoms with van der Waals surface area (Å²) in [6.45, 7) is 18.3. The third-order valence-corrected chi connectivity index (χ3v) is 12.8. The van der Waals surface area contributed by atoms with E-state index < -0.39 is 54.1 Å². The Morgan fingerprint density at radius 1 is 0.984 bits per heavy atom. The molecule has 1 aromatic heterocycles. The van der Waals surface area contributed by atoms with Gasteiger partial charge in [0.2, 0.25) is 0 Å². The van der Waals surface area contributed by atoms with Crippen molar-refractivity contribution in [3.8, 4) is 5.75 Å². The summed E-state index contributed by atoms with van der Waals surface area (Å²) in [5.41, 5.74) is -0.0340. The molecule has 2 saturated heterocycles. The molecule has 0 radical (unpaired) electrons. The fourth-order valence-electron chi connectivity index (χ4n) is 8.98. The van der Waals surface area contributed by atoms with Crippen LogP contribution in [-0.2, 0) is 50.9 Å². The fourth-order valence-corrected chi connectivity index (χ4v) is 9.66. The fraction of sp³-hybridized carbons (Fsp3) is 0.578. The van der Waals surface area contributed by atoms with Crippen LogP contribution in [0.4, 0.5) is 9.93 Å². The highest BCUT2D eigenvalue weighted by atomic mass is 32.1. The average molecular weight is 875 g/mol. The predicted molar refractivity (Wildman–Crippen MR) is 233 cm³/mol. The molecule has 5 fully saturated rings. The van der Waals surface area contributed by atoms with E-state index in [1.165, 1.54) is 7.11 Å². The molecule has 334 valence electrons. The van der Waals surface area contributed by atoms with E-state index in [1.807, 2.05) is 36.4 Å². The average Bonchev–Trinajstić information content (AvgIpc) is 3.81. The minimum Gasteiger partial charge on any atom is -0.496 e. The predicted octanol–water partition coefficient (Wildman–Crippen LogP) is 7.81. The highest BCUT2D eigenvalue weighted by Gasteiger charge is 2.68. The lowest BCUT2D eigenvalue weighted by molar-refractivity contribution is -0.199. The smallest absolute Gasteiger partial charge is 0.482 e. The van der Waals surface area contributed by atoms with Crippen molar-refractivity contribution >= 4 is 47.3 Å². The van der Waals surface area contributed by atoms with Crippen molar-refractivity contribution in [2.24, 2.45) is 22.4 Å². The number of oxime groups is 1. The molecular weight excluding hydrogens is 815 g/mol. The number of hydrogen-bond donors (Lipinski definition) is 2. The number of thiazole rings is 1. The number of aromatic nitrogens is 1. The molecule has 3 aliphatic carbocycles. The first-order chi connectivity index (χ1) is 29.3. The zero-order valence-electron chi connectivity index (χ0n) is 37.3. The van der Waals surface area contributed by atoms with Gasteiger partial charge in [0.15, 0.2) is 17.1 Å². The number of carbonyl (C=O) groups is 3. The lowest BCUT2D eigenvalue weighted by Gasteiger charge is -2.64. The molecule has 2 N–H and O–H groups in total. The summed E-state index contributed by atoms with van der Waals surface area (Å²) >= 11 is 1.10. The van der Waals surface area contributed by atoms with Gasteiger partial charge in [-0.1, -0.05) is 61.5 Å². The molecule has 5 aliphatic rings. The molecule has 5 atom stereocenters. The summed E-state index contributed by atoms with van der Waals surface area (Å²) in [5, 5.41) is 11.9. The lowest BCUT2D eigenvalue weighted by atomic mass is 9.43. The van der Waals surface area contributed by atoms with Gasteiger partial charge in [-0.3, -0.25) is 10.1 Å². The number of hydrogen-bond acceptors (Lipinski definition) is 14. The number of methoxy groups -OCH3 is 1. The SMILES string of the molecule is COc1c(C[C@H](NC(=O)/C(=N\OCc2ccccc2)c2csc(NC(=O)OC(C)(C)C)n2)B2OC3C[C@H]4C[C@@H](C4(C)C)[C@]3(C)O2)ccc(C2OCCCO2)c1C(=O)OC(C)(C)C. The lowest BCUT2D eigenvalue weighted by Crippen LogP contribution is -2.65. The minimum atomic E-state index is -0.908. The van der Waals surface area contributed by atoms with E-state index in [0.717, 1.165) is 36.2 Å². The number of nitrogens with one attached hydrogen (secondary N) is 2. The maximum absolute atomic E-state index is 14.8. The van der Waals surface area contributed by atoms with Crippen molar-refractivity contribution in [3.05, 3.63) is 75.8 Å². The molecule has 3 aromatic rings. The van der Waals surface area contributed by atoms with Crippen LogP contribution in [0.5, 0.6) is 5.75 Å². The molecule has 17 heteroatoms. The molecule has 1 unspecified atom stereocenters. The normalized spacial score (nSPS) is 24.0. The highest BCUT2D eigenvalue weighted by molar-refractivity contribution is 7.14. The Kier molecular flexibility index (Phi) is 13.1. The second-order valence-electron chi connectivity index (χ2n) is 19.1. The van der Waals surface area contributed by atoms with Crippen LogP contribution in [0.15, 0.2) is 53.0 Å². The molecule has 8 rings (SSSR count). The van der Waals surface area contributed by atoms with Crippen LogP contribution in [0.3, 0.4) is 0 Å². The van der Waals surface area contributed by atoms with Gasteiger partial charge in [0.25, 0.3) is 5.91 Å². The number of amides is 2.